The van der Waals surface area contributed by atoms with Crippen LogP contribution in [0.5, 0.6) is 0 Å². The van der Waals surface area contributed by atoms with Gasteiger partial charge in [-0.25, -0.2) is 0 Å². The number of nitrogens with zero attached hydrogens (tertiary/aromatic N) is 4. The molecule has 7 nitrogen and oxygen atoms in total. The van der Waals surface area contributed by atoms with Crippen LogP contribution in [0.3, 0.4) is 0 Å². The van der Waals surface area contributed by atoms with Gasteiger partial charge in [-0.3, -0.25) is 4.79 Å². The lowest BCUT2D eigenvalue weighted by atomic mass is 10.2. The van der Waals surface area contributed by atoms with Crippen LogP contribution in [-0.2, 0) is 15.3 Å². The lowest BCUT2D eigenvalue weighted by Crippen LogP contribution is -2.04. The monoisotopic (exact) mass is 300 g/mol. The molecule has 1 fully saturated rings. The predicted octanol–water partition coefficient (Wildman–Crippen LogP) is 1.36. The van der Waals surface area contributed by atoms with Crippen LogP contribution in [-0.4, -0.2) is 43.2 Å². The van der Waals surface area contributed by atoms with E-state index in [0.717, 1.165) is 35.2 Å². The second kappa shape index (κ2) is 5.43. The first-order valence-electron chi connectivity index (χ1n) is 5.86. The highest BCUT2D eigenvalue weighted by Gasteiger charge is 2.24. The third-order valence-electron chi connectivity index (χ3n) is 2.73. The van der Waals surface area contributed by atoms with E-state index in [1.165, 1.54) is 23.1 Å². The number of hydrogen-bond donors (Lipinski definition) is 1. The van der Waals surface area contributed by atoms with Crippen molar-refractivity contribution >= 4 is 34.0 Å². The molecule has 1 atom stereocenters. The summed E-state index contributed by atoms with van der Waals surface area (Å²) in [5, 5.41) is 22.1. The van der Waals surface area contributed by atoms with Gasteiger partial charge in [-0.05, 0) is 12.8 Å². The summed E-state index contributed by atoms with van der Waals surface area (Å²) in [6.07, 6.45) is 1.96. The van der Waals surface area contributed by atoms with Crippen LogP contribution < -0.4 is 0 Å². The molecule has 2 aromatic heterocycles. The van der Waals surface area contributed by atoms with Crippen LogP contribution in [0.15, 0.2) is 0 Å². The van der Waals surface area contributed by atoms with E-state index in [1.54, 1.807) is 4.52 Å². The Morgan fingerprint density at radius 1 is 1.58 bits per heavy atom. The number of aromatic nitrogens is 4. The molecule has 102 valence electrons. The zero-order valence-corrected chi connectivity index (χ0v) is 11.6. The highest BCUT2D eigenvalue weighted by atomic mass is 32.2. The zero-order chi connectivity index (χ0) is 13.2. The smallest absolute Gasteiger partial charge is 0.313 e. The van der Waals surface area contributed by atoms with Gasteiger partial charge in [0.05, 0.1) is 5.75 Å². The average molecular weight is 300 g/mol. The topological polar surface area (TPSA) is 89.6 Å². The zero-order valence-electron chi connectivity index (χ0n) is 9.98. The Labute approximate surface area is 117 Å². The van der Waals surface area contributed by atoms with E-state index in [1.807, 2.05) is 0 Å². The summed E-state index contributed by atoms with van der Waals surface area (Å²) >= 11 is 2.76. The molecule has 9 heteroatoms. The molecule has 1 aliphatic heterocycles. The molecule has 1 saturated heterocycles. The van der Waals surface area contributed by atoms with Gasteiger partial charge in [0.25, 0.3) is 0 Å². The maximum absolute atomic E-state index is 10.5. The van der Waals surface area contributed by atoms with Crippen LogP contribution in [0.1, 0.15) is 29.8 Å². The van der Waals surface area contributed by atoms with Gasteiger partial charge < -0.3 is 9.84 Å². The van der Waals surface area contributed by atoms with E-state index in [-0.39, 0.29) is 11.9 Å². The third kappa shape index (κ3) is 2.72. The van der Waals surface area contributed by atoms with Crippen LogP contribution in [0, 0.1) is 0 Å². The molecule has 0 bridgehead atoms. The van der Waals surface area contributed by atoms with E-state index >= 15 is 0 Å². The van der Waals surface area contributed by atoms with Gasteiger partial charge in [-0.15, -0.1) is 22.0 Å². The Hall–Kier alpha value is -1.19. The van der Waals surface area contributed by atoms with Gasteiger partial charge >= 0.3 is 5.97 Å². The average Bonchev–Trinajstić information content (AvgIpc) is 3.01. The normalized spacial score (nSPS) is 19.3. The van der Waals surface area contributed by atoms with Crippen molar-refractivity contribution < 1.29 is 14.6 Å². The number of ether oxygens (including phenoxy) is 1. The van der Waals surface area contributed by atoms with Crippen molar-refractivity contribution in [3.63, 3.8) is 0 Å². The van der Waals surface area contributed by atoms with Gasteiger partial charge in [-0.1, -0.05) is 11.3 Å². The Bertz CT molecular complexity index is 591. The molecule has 3 rings (SSSR count). The van der Waals surface area contributed by atoms with Crippen molar-refractivity contribution in [2.24, 2.45) is 0 Å². The van der Waals surface area contributed by atoms with Crippen molar-refractivity contribution in [1.29, 1.82) is 0 Å². The van der Waals surface area contributed by atoms with Crippen LogP contribution in [0.2, 0.25) is 0 Å². The standard InChI is InChI=1S/C10H12N4O3S2/c15-8(16)5-18-4-7-13-14-9(6-2-1-3-17-6)11-12-10(14)19-7/h6H,1-5H2,(H,15,16). The summed E-state index contributed by atoms with van der Waals surface area (Å²) in [5.74, 6) is 0.593. The minimum absolute atomic E-state index is 0.0170. The molecule has 0 aromatic carbocycles. The maximum Gasteiger partial charge on any atom is 0.313 e. The molecule has 0 spiro atoms. The lowest BCUT2D eigenvalue weighted by Gasteiger charge is -2.04. The SMILES string of the molecule is O=C(O)CSCc1nn2c(C3CCCO3)nnc2s1. The summed E-state index contributed by atoms with van der Waals surface area (Å²) in [6, 6.07) is 0. The summed E-state index contributed by atoms with van der Waals surface area (Å²) in [4.78, 5) is 11.2. The van der Waals surface area contributed by atoms with Crippen molar-refractivity contribution in [3.05, 3.63) is 10.8 Å². The quantitative estimate of drug-likeness (QED) is 0.891. The number of carboxylic acids is 1. The molecule has 1 aliphatic rings. The van der Waals surface area contributed by atoms with Gasteiger partial charge in [0.15, 0.2) is 5.82 Å². The fourth-order valence-electron chi connectivity index (χ4n) is 1.94. The molecule has 19 heavy (non-hydrogen) atoms. The molecule has 3 heterocycles. The molecule has 0 saturated carbocycles. The lowest BCUT2D eigenvalue weighted by molar-refractivity contribution is -0.133. The van der Waals surface area contributed by atoms with E-state index in [4.69, 9.17) is 9.84 Å². The number of hydrogen-bond acceptors (Lipinski definition) is 7. The number of thioether (sulfide) groups is 1. The van der Waals surface area contributed by atoms with Crippen LogP contribution in [0.4, 0.5) is 0 Å². The Morgan fingerprint density at radius 2 is 2.47 bits per heavy atom. The Balaban J connectivity index is 1.75. The molecule has 0 radical (unpaired) electrons. The van der Waals surface area contributed by atoms with Crippen molar-refractivity contribution in [2.75, 3.05) is 12.4 Å². The van der Waals surface area contributed by atoms with Gasteiger partial charge in [0.2, 0.25) is 4.96 Å². The van der Waals surface area contributed by atoms with Gasteiger partial charge in [0, 0.05) is 12.4 Å². The van der Waals surface area contributed by atoms with E-state index < -0.39 is 5.97 Å². The molecule has 2 aromatic rings. The minimum Gasteiger partial charge on any atom is -0.481 e. The Kier molecular flexibility index (Phi) is 3.67. The summed E-state index contributed by atoms with van der Waals surface area (Å²) in [7, 11) is 0. The summed E-state index contributed by atoms with van der Waals surface area (Å²) < 4.78 is 7.31. The van der Waals surface area contributed by atoms with Gasteiger partial charge in [0.1, 0.15) is 11.1 Å². The second-order valence-corrected chi connectivity index (χ2v) is 6.16. The summed E-state index contributed by atoms with van der Waals surface area (Å²) in [6.45, 7) is 0.755. The first kappa shape index (κ1) is 12.8. The molecule has 1 unspecified atom stereocenters. The largest absolute Gasteiger partial charge is 0.481 e. The Morgan fingerprint density at radius 3 is 3.21 bits per heavy atom. The van der Waals surface area contributed by atoms with E-state index in [9.17, 15) is 4.79 Å². The highest BCUT2D eigenvalue weighted by Crippen LogP contribution is 2.28. The van der Waals surface area contributed by atoms with E-state index in [2.05, 4.69) is 15.3 Å². The molecule has 0 amide bonds. The van der Waals surface area contributed by atoms with Gasteiger partial charge in [-0.2, -0.15) is 9.61 Å². The molecular formula is C10H12N4O3S2. The van der Waals surface area contributed by atoms with Crippen molar-refractivity contribution in [2.45, 2.75) is 24.7 Å². The molecule has 0 aliphatic carbocycles. The number of rotatable bonds is 5. The number of aliphatic carboxylic acids is 1. The van der Waals surface area contributed by atoms with Crippen LogP contribution in [0.25, 0.3) is 4.96 Å². The maximum atomic E-state index is 10.5. The minimum atomic E-state index is -0.812. The predicted molar refractivity (Wildman–Crippen MR) is 70.4 cm³/mol. The number of carbonyl (C=O) groups is 1. The second-order valence-electron chi connectivity index (χ2n) is 4.14. The number of fused-ring (bicyclic) bond motifs is 1. The third-order valence-corrected chi connectivity index (χ3v) is 4.74. The van der Waals surface area contributed by atoms with Crippen molar-refractivity contribution in [1.82, 2.24) is 19.8 Å². The van der Waals surface area contributed by atoms with Crippen molar-refractivity contribution in [3.8, 4) is 0 Å². The first-order chi connectivity index (χ1) is 9.24. The summed E-state index contributed by atoms with van der Waals surface area (Å²) in [5.41, 5.74) is 0. The fourth-order valence-corrected chi connectivity index (χ4v) is 3.57. The number of carboxylic acid groups (broad SMARTS) is 1. The first-order valence-corrected chi connectivity index (χ1v) is 7.83. The highest BCUT2D eigenvalue weighted by molar-refractivity contribution is 7.99. The molecule has 1 N–H and O–H groups in total. The van der Waals surface area contributed by atoms with Crippen LogP contribution >= 0.6 is 23.1 Å². The molecular weight excluding hydrogens is 288 g/mol. The fraction of sp³-hybridized carbons (Fsp3) is 0.600. The van der Waals surface area contributed by atoms with E-state index in [0.29, 0.717) is 5.75 Å².